The summed E-state index contributed by atoms with van der Waals surface area (Å²) in [5.41, 5.74) is 2.10. The van der Waals surface area contributed by atoms with Gasteiger partial charge in [-0.25, -0.2) is 0 Å². The molecule has 0 heterocycles. The van der Waals surface area contributed by atoms with Crippen LogP contribution in [0.3, 0.4) is 0 Å². The first-order valence-electron chi connectivity index (χ1n) is 7.63. The number of hydrogen-bond acceptors (Lipinski definition) is 3. The van der Waals surface area contributed by atoms with Gasteiger partial charge in [0.1, 0.15) is 5.75 Å². The first kappa shape index (κ1) is 17.0. The second-order valence-corrected chi connectivity index (χ2v) is 5.58. The van der Waals surface area contributed by atoms with E-state index in [-0.39, 0.29) is 6.61 Å². The zero-order valence-electron chi connectivity index (χ0n) is 13.4. The zero-order chi connectivity index (χ0) is 15.0. The van der Waals surface area contributed by atoms with E-state index < -0.39 is 0 Å². The normalized spacial score (nSPS) is 11.3. The molecule has 3 nitrogen and oxygen atoms in total. The molecule has 0 radical (unpaired) electrons. The molecule has 1 N–H and O–H groups in total. The number of unbranched alkanes of at least 4 members (excludes halogenated alkanes) is 2. The van der Waals surface area contributed by atoms with Crippen molar-refractivity contribution in [1.29, 1.82) is 0 Å². The van der Waals surface area contributed by atoms with Crippen LogP contribution in [0.25, 0.3) is 0 Å². The van der Waals surface area contributed by atoms with Crippen LogP contribution in [0.15, 0.2) is 18.2 Å². The number of rotatable bonds is 9. The largest absolute Gasteiger partial charge is 0.496 e. The molecular formula is C17H29NO2. The van der Waals surface area contributed by atoms with E-state index in [1.165, 1.54) is 19.3 Å². The van der Waals surface area contributed by atoms with Crippen LogP contribution in [0.2, 0.25) is 0 Å². The van der Waals surface area contributed by atoms with Crippen molar-refractivity contribution in [3.63, 3.8) is 0 Å². The van der Waals surface area contributed by atoms with E-state index in [1.54, 1.807) is 7.11 Å². The molecule has 0 unspecified atom stereocenters. The van der Waals surface area contributed by atoms with E-state index in [9.17, 15) is 5.11 Å². The molecule has 1 rings (SSSR count). The first-order valence-corrected chi connectivity index (χ1v) is 7.63. The molecule has 0 fully saturated rings. The molecule has 0 aromatic heterocycles. The fourth-order valence-corrected chi connectivity index (χ4v) is 2.36. The van der Waals surface area contributed by atoms with Crippen molar-refractivity contribution in [1.82, 2.24) is 4.90 Å². The molecular weight excluding hydrogens is 250 g/mol. The lowest BCUT2D eigenvalue weighted by Crippen LogP contribution is -2.31. The molecule has 0 saturated carbocycles. The zero-order valence-corrected chi connectivity index (χ0v) is 13.4. The molecule has 0 aliphatic rings. The van der Waals surface area contributed by atoms with Gasteiger partial charge >= 0.3 is 0 Å². The summed E-state index contributed by atoms with van der Waals surface area (Å²) in [6.07, 6.45) is 3.75. The van der Waals surface area contributed by atoms with Crippen LogP contribution < -0.4 is 4.74 Å². The van der Waals surface area contributed by atoms with E-state index in [1.807, 2.05) is 18.2 Å². The molecule has 20 heavy (non-hydrogen) atoms. The maximum absolute atomic E-state index is 9.29. The lowest BCUT2D eigenvalue weighted by atomic mass is 10.1. The molecule has 1 aromatic rings. The van der Waals surface area contributed by atoms with Gasteiger partial charge in [-0.2, -0.15) is 0 Å². The Morgan fingerprint density at radius 2 is 2.00 bits per heavy atom. The first-order chi connectivity index (χ1) is 9.62. The SMILES string of the molecule is CCCCCN(Cc1cc(CO)ccc1OC)C(C)C. The number of aliphatic hydroxyl groups is 1. The fraction of sp³-hybridized carbons (Fsp3) is 0.647. The summed E-state index contributed by atoms with van der Waals surface area (Å²) in [5, 5.41) is 9.29. The quantitative estimate of drug-likeness (QED) is 0.701. The topological polar surface area (TPSA) is 32.7 Å². The molecule has 0 aliphatic heterocycles. The minimum absolute atomic E-state index is 0.0779. The number of aliphatic hydroxyl groups excluding tert-OH is 1. The van der Waals surface area contributed by atoms with Gasteiger partial charge in [0.15, 0.2) is 0 Å². The number of nitrogens with zero attached hydrogens (tertiary/aromatic N) is 1. The molecule has 0 amide bonds. The summed E-state index contributed by atoms with van der Waals surface area (Å²) >= 11 is 0. The van der Waals surface area contributed by atoms with E-state index in [0.717, 1.165) is 30.0 Å². The molecule has 1 aromatic carbocycles. The van der Waals surface area contributed by atoms with Crippen molar-refractivity contribution in [2.45, 2.75) is 59.2 Å². The minimum Gasteiger partial charge on any atom is -0.496 e. The van der Waals surface area contributed by atoms with Gasteiger partial charge in [-0.15, -0.1) is 0 Å². The number of hydrogen-bond donors (Lipinski definition) is 1. The van der Waals surface area contributed by atoms with Crippen molar-refractivity contribution < 1.29 is 9.84 Å². The van der Waals surface area contributed by atoms with E-state index >= 15 is 0 Å². The summed E-state index contributed by atoms with van der Waals surface area (Å²) in [4.78, 5) is 2.47. The van der Waals surface area contributed by atoms with Crippen molar-refractivity contribution in [3.8, 4) is 5.75 Å². The number of benzene rings is 1. The molecule has 0 spiro atoms. The lowest BCUT2D eigenvalue weighted by molar-refractivity contribution is 0.205. The summed E-state index contributed by atoms with van der Waals surface area (Å²) < 4.78 is 5.44. The highest BCUT2D eigenvalue weighted by molar-refractivity contribution is 5.37. The van der Waals surface area contributed by atoms with Crippen molar-refractivity contribution in [2.75, 3.05) is 13.7 Å². The Bertz CT molecular complexity index is 391. The summed E-state index contributed by atoms with van der Waals surface area (Å²) in [5.74, 6) is 0.906. The average Bonchev–Trinajstić information content (AvgIpc) is 2.46. The lowest BCUT2D eigenvalue weighted by Gasteiger charge is -2.27. The second kappa shape index (κ2) is 8.98. The summed E-state index contributed by atoms with van der Waals surface area (Å²) in [6, 6.07) is 6.42. The number of ether oxygens (including phenoxy) is 1. The highest BCUT2D eigenvalue weighted by Crippen LogP contribution is 2.23. The third-order valence-corrected chi connectivity index (χ3v) is 3.68. The summed E-state index contributed by atoms with van der Waals surface area (Å²) in [7, 11) is 1.70. The third kappa shape index (κ3) is 5.14. The van der Waals surface area contributed by atoms with Crippen LogP contribution >= 0.6 is 0 Å². The van der Waals surface area contributed by atoms with Crippen LogP contribution in [-0.4, -0.2) is 29.7 Å². The van der Waals surface area contributed by atoms with Gasteiger partial charge < -0.3 is 9.84 Å². The van der Waals surface area contributed by atoms with Crippen LogP contribution in [0.4, 0.5) is 0 Å². The predicted octanol–water partition coefficient (Wildman–Crippen LogP) is 3.59. The molecule has 3 heteroatoms. The Kier molecular flexibility index (Phi) is 7.63. The van der Waals surface area contributed by atoms with Gasteiger partial charge in [-0.3, -0.25) is 4.90 Å². The Balaban J connectivity index is 2.80. The van der Waals surface area contributed by atoms with Crippen LogP contribution in [0, 0.1) is 0 Å². The van der Waals surface area contributed by atoms with Gasteiger partial charge in [0.2, 0.25) is 0 Å². The Morgan fingerprint density at radius 3 is 2.55 bits per heavy atom. The standard InChI is InChI=1S/C17H29NO2/c1-5-6-7-10-18(14(2)3)12-16-11-15(13-19)8-9-17(16)20-4/h8-9,11,14,19H,5-7,10,12-13H2,1-4H3. The van der Waals surface area contributed by atoms with Gasteiger partial charge in [0, 0.05) is 18.2 Å². The highest BCUT2D eigenvalue weighted by atomic mass is 16.5. The van der Waals surface area contributed by atoms with Crippen molar-refractivity contribution in [2.24, 2.45) is 0 Å². The molecule has 0 atom stereocenters. The Morgan fingerprint density at radius 1 is 1.25 bits per heavy atom. The van der Waals surface area contributed by atoms with Crippen molar-refractivity contribution in [3.05, 3.63) is 29.3 Å². The molecule has 0 aliphatic carbocycles. The van der Waals surface area contributed by atoms with E-state index in [4.69, 9.17) is 4.74 Å². The fourth-order valence-electron chi connectivity index (χ4n) is 2.36. The van der Waals surface area contributed by atoms with Gasteiger partial charge in [0.25, 0.3) is 0 Å². The molecule has 0 saturated heterocycles. The van der Waals surface area contributed by atoms with Crippen LogP contribution in [0.5, 0.6) is 5.75 Å². The third-order valence-electron chi connectivity index (χ3n) is 3.68. The second-order valence-electron chi connectivity index (χ2n) is 5.58. The number of methoxy groups -OCH3 is 1. The minimum atomic E-state index is 0.0779. The molecule has 114 valence electrons. The smallest absolute Gasteiger partial charge is 0.123 e. The van der Waals surface area contributed by atoms with Gasteiger partial charge in [-0.1, -0.05) is 25.8 Å². The van der Waals surface area contributed by atoms with E-state index in [0.29, 0.717) is 6.04 Å². The average molecular weight is 279 g/mol. The van der Waals surface area contributed by atoms with E-state index in [2.05, 4.69) is 25.7 Å². The maximum atomic E-state index is 9.29. The molecule has 0 bridgehead atoms. The Hall–Kier alpha value is -1.06. The monoisotopic (exact) mass is 279 g/mol. The predicted molar refractivity (Wildman–Crippen MR) is 84.0 cm³/mol. The van der Waals surface area contributed by atoms with Gasteiger partial charge in [-0.05, 0) is 44.5 Å². The highest BCUT2D eigenvalue weighted by Gasteiger charge is 2.13. The van der Waals surface area contributed by atoms with Gasteiger partial charge in [0.05, 0.1) is 13.7 Å². The van der Waals surface area contributed by atoms with Crippen LogP contribution in [0.1, 0.15) is 51.2 Å². The maximum Gasteiger partial charge on any atom is 0.123 e. The van der Waals surface area contributed by atoms with Crippen LogP contribution in [-0.2, 0) is 13.2 Å². The van der Waals surface area contributed by atoms with Crippen molar-refractivity contribution >= 4 is 0 Å². The summed E-state index contributed by atoms with van der Waals surface area (Å²) in [6.45, 7) is 8.75. The Labute approximate surface area is 123 Å².